The summed E-state index contributed by atoms with van der Waals surface area (Å²) in [6.45, 7) is 6.36. The van der Waals surface area contributed by atoms with Gasteiger partial charge in [-0.15, -0.1) is 0 Å². The van der Waals surface area contributed by atoms with E-state index in [9.17, 15) is 0 Å². The van der Waals surface area contributed by atoms with Crippen LogP contribution in [0.25, 0.3) is 0 Å². The molecule has 0 aromatic rings. The highest BCUT2D eigenvalue weighted by Gasteiger charge is 2.35. The van der Waals surface area contributed by atoms with Gasteiger partial charge in [0, 0.05) is 29.2 Å². The molecule has 0 amide bonds. The molecule has 64 valence electrons. The van der Waals surface area contributed by atoms with Crippen LogP contribution in [0.3, 0.4) is 0 Å². The summed E-state index contributed by atoms with van der Waals surface area (Å²) in [6, 6.07) is 0. The van der Waals surface area contributed by atoms with Crippen LogP contribution >= 0.6 is 23.2 Å². The fourth-order valence-corrected chi connectivity index (χ4v) is 1.44. The molecule has 1 nitrogen and oxygen atoms in total. The SMILES string of the molecule is CC1(C)CCN1C/C(Cl)=C/Cl. The minimum Gasteiger partial charge on any atom is -0.293 e. The summed E-state index contributed by atoms with van der Waals surface area (Å²) in [5.41, 5.74) is 1.76. The van der Waals surface area contributed by atoms with Crippen LogP contribution in [0.4, 0.5) is 0 Å². The van der Waals surface area contributed by atoms with E-state index < -0.39 is 0 Å². The summed E-state index contributed by atoms with van der Waals surface area (Å²) >= 11 is 11.2. The van der Waals surface area contributed by atoms with Crippen molar-refractivity contribution >= 4 is 23.2 Å². The minimum atomic E-state index is 0.319. The Hall–Kier alpha value is 0.280. The molecule has 1 aliphatic rings. The van der Waals surface area contributed by atoms with Crippen LogP contribution in [0.1, 0.15) is 20.3 Å². The molecule has 0 atom stereocenters. The van der Waals surface area contributed by atoms with Crippen molar-refractivity contribution in [2.75, 3.05) is 13.1 Å². The van der Waals surface area contributed by atoms with E-state index in [4.69, 9.17) is 23.2 Å². The number of hydrogen-bond acceptors (Lipinski definition) is 1. The van der Waals surface area contributed by atoms with Crippen LogP contribution in [0, 0.1) is 0 Å². The standard InChI is InChI=1S/C8H13Cl2N/c1-8(2)3-4-11(8)6-7(10)5-9/h5H,3-4,6H2,1-2H3/b7-5-. The van der Waals surface area contributed by atoms with Gasteiger partial charge in [0.05, 0.1) is 0 Å². The zero-order valence-corrected chi connectivity index (χ0v) is 8.41. The predicted molar refractivity (Wildman–Crippen MR) is 50.1 cm³/mol. The van der Waals surface area contributed by atoms with Crippen LogP contribution in [0.5, 0.6) is 0 Å². The Morgan fingerprint density at radius 2 is 2.27 bits per heavy atom. The van der Waals surface area contributed by atoms with Gasteiger partial charge in [-0.05, 0) is 20.3 Å². The Bertz CT molecular complexity index is 175. The normalized spacial score (nSPS) is 24.9. The van der Waals surface area contributed by atoms with Gasteiger partial charge in [0.1, 0.15) is 0 Å². The largest absolute Gasteiger partial charge is 0.293 e. The fourth-order valence-electron chi connectivity index (χ4n) is 1.23. The van der Waals surface area contributed by atoms with E-state index in [0.29, 0.717) is 5.54 Å². The van der Waals surface area contributed by atoms with Crippen molar-refractivity contribution in [2.45, 2.75) is 25.8 Å². The number of likely N-dealkylation sites (tertiary alicyclic amines) is 1. The third kappa shape index (κ3) is 2.11. The maximum absolute atomic E-state index is 5.79. The summed E-state index contributed by atoms with van der Waals surface area (Å²) in [5.74, 6) is 0. The first kappa shape index (κ1) is 9.37. The maximum Gasteiger partial charge on any atom is 0.0434 e. The molecule has 0 unspecified atom stereocenters. The number of rotatable bonds is 2. The van der Waals surface area contributed by atoms with Crippen molar-refractivity contribution in [3.8, 4) is 0 Å². The monoisotopic (exact) mass is 193 g/mol. The first-order chi connectivity index (χ1) is 5.06. The van der Waals surface area contributed by atoms with Crippen molar-refractivity contribution in [3.05, 3.63) is 10.6 Å². The van der Waals surface area contributed by atoms with Gasteiger partial charge in [0.25, 0.3) is 0 Å². The molecule has 0 bridgehead atoms. The molecule has 0 N–H and O–H groups in total. The van der Waals surface area contributed by atoms with Gasteiger partial charge >= 0.3 is 0 Å². The lowest BCUT2D eigenvalue weighted by Gasteiger charge is -2.48. The van der Waals surface area contributed by atoms with Crippen molar-refractivity contribution in [1.29, 1.82) is 0 Å². The van der Waals surface area contributed by atoms with Gasteiger partial charge in [-0.3, -0.25) is 4.90 Å². The molecule has 1 saturated heterocycles. The Morgan fingerprint density at radius 1 is 1.64 bits per heavy atom. The average Bonchev–Trinajstić information content (AvgIpc) is 1.98. The molecule has 1 rings (SSSR count). The summed E-state index contributed by atoms with van der Waals surface area (Å²) in [7, 11) is 0. The van der Waals surface area contributed by atoms with Crippen molar-refractivity contribution < 1.29 is 0 Å². The van der Waals surface area contributed by atoms with Gasteiger partial charge < -0.3 is 0 Å². The minimum absolute atomic E-state index is 0.319. The number of nitrogens with zero attached hydrogens (tertiary/aromatic N) is 1. The Labute approximate surface area is 78.0 Å². The molecule has 0 radical (unpaired) electrons. The molecule has 0 spiro atoms. The molecule has 0 saturated carbocycles. The molecule has 0 aliphatic carbocycles. The van der Waals surface area contributed by atoms with E-state index in [1.165, 1.54) is 12.0 Å². The third-order valence-corrected chi connectivity index (χ3v) is 2.91. The van der Waals surface area contributed by atoms with E-state index in [1.54, 1.807) is 0 Å². The van der Waals surface area contributed by atoms with Crippen LogP contribution in [0.2, 0.25) is 0 Å². The highest BCUT2D eigenvalue weighted by molar-refractivity contribution is 6.36. The first-order valence-electron chi connectivity index (χ1n) is 3.76. The van der Waals surface area contributed by atoms with Crippen LogP contribution < -0.4 is 0 Å². The summed E-state index contributed by atoms with van der Waals surface area (Å²) in [6.07, 6.45) is 1.25. The maximum atomic E-state index is 5.79. The Kier molecular flexibility index (Phi) is 2.84. The lowest BCUT2D eigenvalue weighted by molar-refractivity contribution is 0.0275. The molecular weight excluding hydrogens is 181 g/mol. The second-order valence-corrected chi connectivity index (χ2v) is 4.24. The Morgan fingerprint density at radius 3 is 2.55 bits per heavy atom. The summed E-state index contributed by atoms with van der Waals surface area (Å²) in [4.78, 5) is 2.31. The Balaban J connectivity index is 2.40. The smallest absolute Gasteiger partial charge is 0.0434 e. The molecule has 3 heteroatoms. The molecule has 0 aromatic heterocycles. The zero-order valence-electron chi connectivity index (χ0n) is 6.90. The van der Waals surface area contributed by atoms with Gasteiger partial charge in [0.2, 0.25) is 0 Å². The molecule has 1 heterocycles. The molecule has 11 heavy (non-hydrogen) atoms. The molecular formula is C8H13Cl2N. The topological polar surface area (TPSA) is 3.24 Å². The second-order valence-electron chi connectivity index (χ2n) is 3.54. The molecule has 1 aliphatic heterocycles. The van der Waals surface area contributed by atoms with Gasteiger partial charge in [-0.1, -0.05) is 23.2 Å². The number of halogens is 2. The lowest BCUT2D eigenvalue weighted by atomic mass is 9.89. The zero-order chi connectivity index (χ0) is 8.48. The van der Waals surface area contributed by atoms with Gasteiger partial charge in [-0.2, -0.15) is 0 Å². The van der Waals surface area contributed by atoms with Crippen LogP contribution in [-0.4, -0.2) is 23.5 Å². The first-order valence-corrected chi connectivity index (χ1v) is 4.57. The van der Waals surface area contributed by atoms with Gasteiger partial charge in [-0.25, -0.2) is 0 Å². The predicted octanol–water partition coefficient (Wildman–Crippen LogP) is 2.79. The van der Waals surface area contributed by atoms with Gasteiger partial charge in [0.15, 0.2) is 0 Å². The summed E-state index contributed by atoms with van der Waals surface area (Å²) in [5, 5.41) is 0.722. The molecule has 0 aromatic carbocycles. The van der Waals surface area contributed by atoms with Crippen LogP contribution in [-0.2, 0) is 0 Å². The van der Waals surface area contributed by atoms with Crippen molar-refractivity contribution in [1.82, 2.24) is 4.90 Å². The van der Waals surface area contributed by atoms with E-state index in [0.717, 1.165) is 18.1 Å². The third-order valence-electron chi connectivity index (χ3n) is 2.31. The van der Waals surface area contributed by atoms with Crippen molar-refractivity contribution in [3.63, 3.8) is 0 Å². The fraction of sp³-hybridized carbons (Fsp3) is 0.750. The number of hydrogen-bond donors (Lipinski definition) is 0. The van der Waals surface area contributed by atoms with E-state index in [2.05, 4.69) is 18.7 Å². The van der Waals surface area contributed by atoms with E-state index >= 15 is 0 Å². The van der Waals surface area contributed by atoms with Crippen LogP contribution in [0.15, 0.2) is 10.6 Å². The lowest BCUT2D eigenvalue weighted by Crippen LogP contribution is -2.55. The van der Waals surface area contributed by atoms with E-state index in [-0.39, 0.29) is 0 Å². The quantitative estimate of drug-likeness (QED) is 0.653. The highest BCUT2D eigenvalue weighted by atomic mass is 35.5. The average molecular weight is 194 g/mol. The highest BCUT2D eigenvalue weighted by Crippen LogP contribution is 2.30. The van der Waals surface area contributed by atoms with Crippen molar-refractivity contribution in [2.24, 2.45) is 0 Å². The van der Waals surface area contributed by atoms with E-state index in [1.807, 2.05) is 0 Å². The molecule has 1 fully saturated rings. The second kappa shape index (κ2) is 3.34. The summed E-state index contributed by atoms with van der Waals surface area (Å²) < 4.78 is 0.